The fourth-order valence-electron chi connectivity index (χ4n) is 4.62. The lowest BCUT2D eigenvalue weighted by atomic mass is 9.95. The maximum absolute atomic E-state index is 12.1. The molecular weight excluding hydrogens is 486 g/mol. The van der Waals surface area contributed by atoms with Crippen molar-refractivity contribution in [2.24, 2.45) is 5.41 Å². The summed E-state index contributed by atoms with van der Waals surface area (Å²) in [5, 5.41) is 0.548. The molecule has 0 bridgehead atoms. The van der Waals surface area contributed by atoms with Gasteiger partial charge in [0, 0.05) is 31.7 Å². The first kappa shape index (κ1) is 28.7. The number of aryl methyl sites for hydroxylation is 1. The Hall–Kier alpha value is -2.83. The highest BCUT2D eigenvalue weighted by Gasteiger charge is 2.24. The van der Waals surface area contributed by atoms with Crippen molar-refractivity contribution in [1.82, 2.24) is 14.5 Å². The molecule has 200 valence electrons. The van der Waals surface area contributed by atoms with E-state index in [-0.39, 0.29) is 5.41 Å². The number of carbonyl (C=O) groups is 1. The van der Waals surface area contributed by atoms with Crippen molar-refractivity contribution in [2.75, 3.05) is 20.8 Å². The Morgan fingerprint density at radius 1 is 1.11 bits per heavy atom. The van der Waals surface area contributed by atoms with E-state index in [1.807, 2.05) is 24.3 Å². The first-order valence-corrected chi connectivity index (χ1v) is 13.2. The molecule has 1 aromatic heterocycles. The number of unbranched alkanes of at least 4 members (excludes halogenated alkanes) is 1. The standard InChI is InChI=1S/C30H40ClN3O3/c1-8-9-16-34-25(27(31)32-28(34)23-13-11-10-12-21(23)2)19-33(20-30(3,4)5)18-22-14-15-24(29(35)37-7)26(17-22)36-6/h10-15,17H,8-9,16,18-20H2,1-7H3. The number of halogens is 1. The molecule has 0 aliphatic carbocycles. The van der Waals surface area contributed by atoms with Crippen LogP contribution >= 0.6 is 11.6 Å². The van der Waals surface area contributed by atoms with Crippen molar-refractivity contribution in [2.45, 2.75) is 67.1 Å². The molecule has 0 saturated carbocycles. The maximum atomic E-state index is 12.1. The minimum absolute atomic E-state index is 0.0651. The van der Waals surface area contributed by atoms with Gasteiger partial charge in [-0.1, -0.05) is 76.0 Å². The topological polar surface area (TPSA) is 56.6 Å². The number of hydrogen-bond donors (Lipinski definition) is 0. The highest BCUT2D eigenvalue weighted by molar-refractivity contribution is 6.30. The number of ether oxygens (including phenoxy) is 2. The summed E-state index contributed by atoms with van der Waals surface area (Å²) in [6.45, 7) is 14.0. The van der Waals surface area contributed by atoms with Gasteiger partial charge in [-0.3, -0.25) is 4.90 Å². The third-order valence-corrected chi connectivity index (χ3v) is 6.60. The van der Waals surface area contributed by atoms with Crippen molar-refractivity contribution in [1.29, 1.82) is 0 Å². The van der Waals surface area contributed by atoms with Crippen LogP contribution in [0.1, 0.15) is 67.7 Å². The van der Waals surface area contributed by atoms with E-state index in [1.54, 1.807) is 13.2 Å². The van der Waals surface area contributed by atoms with Gasteiger partial charge >= 0.3 is 5.97 Å². The molecular formula is C30H40ClN3O3. The molecule has 0 amide bonds. The number of benzene rings is 2. The third kappa shape index (κ3) is 7.36. The monoisotopic (exact) mass is 525 g/mol. The molecule has 3 aromatic rings. The minimum Gasteiger partial charge on any atom is -0.496 e. The van der Waals surface area contributed by atoms with Crippen molar-refractivity contribution < 1.29 is 14.3 Å². The Labute approximate surface area is 226 Å². The second-order valence-electron chi connectivity index (χ2n) is 10.7. The van der Waals surface area contributed by atoms with Gasteiger partial charge in [0.2, 0.25) is 0 Å². The highest BCUT2D eigenvalue weighted by Crippen LogP contribution is 2.31. The molecule has 0 spiro atoms. The quantitative estimate of drug-likeness (QED) is 0.249. The van der Waals surface area contributed by atoms with Gasteiger partial charge in [-0.2, -0.15) is 0 Å². The Bertz CT molecular complexity index is 1210. The molecule has 0 aliphatic heterocycles. The molecule has 3 rings (SSSR count). The average Bonchev–Trinajstić information content (AvgIpc) is 3.15. The number of nitrogens with zero attached hydrogens (tertiary/aromatic N) is 3. The number of carbonyl (C=O) groups excluding carboxylic acids is 1. The maximum Gasteiger partial charge on any atom is 0.341 e. The Kier molecular flexibility index (Phi) is 9.80. The van der Waals surface area contributed by atoms with Crippen molar-refractivity contribution in [3.05, 3.63) is 70.0 Å². The normalized spacial score (nSPS) is 11.7. The zero-order valence-corrected chi connectivity index (χ0v) is 24.0. The molecule has 0 radical (unpaired) electrons. The molecule has 0 saturated heterocycles. The van der Waals surface area contributed by atoms with Crippen LogP contribution in [0, 0.1) is 12.3 Å². The molecule has 2 aromatic carbocycles. The van der Waals surface area contributed by atoms with Gasteiger partial charge in [0.05, 0.1) is 19.9 Å². The zero-order valence-electron chi connectivity index (χ0n) is 23.2. The van der Waals surface area contributed by atoms with E-state index in [4.69, 9.17) is 26.1 Å². The van der Waals surface area contributed by atoms with Gasteiger partial charge in [-0.05, 0) is 42.0 Å². The predicted molar refractivity (Wildman–Crippen MR) is 150 cm³/mol. The molecule has 0 fully saturated rings. The van der Waals surface area contributed by atoms with Crippen LogP contribution in [0.25, 0.3) is 11.4 Å². The van der Waals surface area contributed by atoms with Gasteiger partial charge in [-0.25, -0.2) is 9.78 Å². The van der Waals surface area contributed by atoms with E-state index in [9.17, 15) is 4.79 Å². The van der Waals surface area contributed by atoms with Gasteiger partial charge in [-0.15, -0.1) is 0 Å². The summed E-state index contributed by atoms with van der Waals surface area (Å²) in [6, 6.07) is 14.0. The Morgan fingerprint density at radius 3 is 2.46 bits per heavy atom. The molecule has 1 heterocycles. The van der Waals surface area contributed by atoms with Crippen molar-refractivity contribution >= 4 is 17.6 Å². The van der Waals surface area contributed by atoms with Crippen LogP contribution in [-0.4, -0.2) is 41.2 Å². The summed E-state index contributed by atoms with van der Waals surface area (Å²) in [6.07, 6.45) is 2.13. The molecule has 0 atom stereocenters. The van der Waals surface area contributed by atoms with Crippen LogP contribution in [-0.2, 0) is 24.4 Å². The Balaban J connectivity index is 2.00. The second kappa shape index (κ2) is 12.6. The molecule has 0 aliphatic rings. The van der Waals surface area contributed by atoms with Crippen molar-refractivity contribution in [3.8, 4) is 17.1 Å². The minimum atomic E-state index is -0.412. The van der Waals surface area contributed by atoms with Gasteiger partial charge in [0.25, 0.3) is 0 Å². The first-order chi connectivity index (χ1) is 17.6. The van der Waals surface area contributed by atoms with Crippen LogP contribution in [0.3, 0.4) is 0 Å². The molecule has 6 nitrogen and oxygen atoms in total. The van der Waals surface area contributed by atoms with Gasteiger partial charge in [0.15, 0.2) is 5.15 Å². The smallest absolute Gasteiger partial charge is 0.341 e. The van der Waals surface area contributed by atoms with Gasteiger partial charge in [0.1, 0.15) is 17.1 Å². The van der Waals surface area contributed by atoms with E-state index < -0.39 is 5.97 Å². The summed E-state index contributed by atoms with van der Waals surface area (Å²) in [7, 11) is 2.94. The lowest BCUT2D eigenvalue weighted by Crippen LogP contribution is -2.33. The summed E-state index contributed by atoms with van der Waals surface area (Å²) in [5.74, 6) is 1.02. The fourth-order valence-corrected chi connectivity index (χ4v) is 4.86. The van der Waals surface area contributed by atoms with E-state index in [2.05, 4.69) is 56.2 Å². The first-order valence-electron chi connectivity index (χ1n) is 12.9. The molecule has 37 heavy (non-hydrogen) atoms. The summed E-state index contributed by atoms with van der Waals surface area (Å²) >= 11 is 6.84. The predicted octanol–water partition coefficient (Wildman–Crippen LogP) is 7.16. The molecule has 7 heteroatoms. The number of methoxy groups -OCH3 is 2. The second-order valence-corrected chi connectivity index (χ2v) is 11.1. The largest absolute Gasteiger partial charge is 0.496 e. The molecule has 0 unspecified atom stereocenters. The van der Waals surface area contributed by atoms with Crippen LogP contribution in [0.5, 0.6) is 5.75 Å². The van der Waals surface area contributed by atoms with Crippen LogP contribution in [0.2, 0.25) is 5.15 Å². The van der Waals surface area contributed by atoms with E-state index in [0.29, 0.717) is 29.6 Å². The van der Waals surface area contributed by atoms with E-state index in [1.165, 1.54) is 12.7 Å². The number of esters is 1. The van der Waals surface area contributed by atoms with E-state index >= 15 is 0 Å². The molecule has 0 N–H and O–H groups in total. The van der Waals surface area contributed by atoms with Crippen molar-refractivity contribution in [3.63, 3.8) is 0 Å². The summed E-state index contributed by atoms with van der Waals surface area (Å²) in [5.41, 5.74) is 4.84. The zero-order chi connectivity index (χ0) is 27.2. The van der Waals surface area contributed by atoms with E-state index in [0.717, 1.165) is 48.6 Å². The summed E-state index contributed by atoms with van der Waals surface area (Å²) < 4.78 is 12.7. The lowest BCUT2D eigenvalue weighted by Gasteiger charge is -2.30. The number of imidazole rings is 1. The SMILES string of the molecule is CCCCn1c(-c2ccccc2C)nc(Cl)c1CN(Cc1ccc(C(=O)OC)c(OC)c1)CC(C)(C)C. The Morgan fingerprint density at radius 2 is 1.84 bits per heavy atom. The number of rotatable bonds is 11. The fraction of sp³-hybridized carbons (Fsp3) is 0.467. The van der Waals surface area contributed by atoms with Crippen LogP contribution < -0.4 is 4.74 Å². The van der Waals surface area contributed by atoms with Crippen LogP contribution in [0.4, 0.5) is 0 Å². The third-order valence-electron chi connectivity index (χ3n) is 6.29. The number of aromatic nitrogens is 2. The lowest BCUT2D eigenvalue weighted by molar-refractivity contribution is 0.0597. The number of hydrogen-bond acceptors (Lipinski definition) is 5. The summed E-state index contributed by atoms with van der Waals surface area (Å²) in [4.78, 5) is 19.4. The highest BCUT2D eigenvalue weighted by atomic mass is 35.5. The van der Waals surface area contributed by atoms with Crippen LogP contribution in [0.15, 0.2) is 42.5 Å². The average molecular weight is 526 g/mol. The van der Waals surface area contributed by atoms with Gasteiger partial charge < -0.3 is 14.0 Å².